The zero-order valence-electron chi connectivity index (χ0n) is 9.68. The molecule has 0 aromatic carbocycles. The summed E-state index contributed by atoms with van der Waals surface area (Å²) < 4.78 is 0. The van der Waals surface area contributed by atoms with Crippen molar-refractivity contribution >= 4 is 5.91 Å². The summed E-state index contributed by atoms with van der Waals surface area (Å²) in [5, 5.41) is 2.99. The van der Waals surface area contributed by atoms with Gasteiger partial charge in [0.1, 0.15) is 0 Å². The van der Waals surface area contributed by atoms with Crippen molar-refractivity contribution in [1.29, 1.82) is 0 Å². The van der Waals surface area contributed by atoms with Crippen molar-refractivity contribution < 1.29 is 4.79 Å². The van der Waals surface area contributed by atoms with Gasteiger partial charge in [0.2, 0.25) is 5.91 Å². The van der Waals surface area contributed by atoms with E-state index in [1.165, 1.54) is 0 Å². The van der Waals surface area contributed by atoms with E-state index < -0.39 is 0 Å². The van der Waals surface area contributed by atoms with E-state index in [-0.39, 0.29) is 5.91 Å². The van der Waals surface area contributed by atoms with E-state index in [4.69, 9.17) is 5.73 Å². The fourth-order valence-electron chi connectivity index (χ4n) is 1.54. The Hall–Kier alpha value is -0.570. The molecule has 3 N–H and O–H groups in total. The minimum Gasteiger partial charge on any atom is -0.354 e. The average Bonchev–Trinajstić information content (AvgIpc) is 2.02. The fraction of sp³-hybridized carbons (Fsp3) is 0.909. The lowest BCUT2D eigenvalue weighted by Crippen LogP contribution is -2.33. The van der Waals surface area contributed by atoms with Gasteiger partial charge in [0, 0.05) is 12.5 Å². The van der Waals surface area contributed by atoms with E-state index in [1.807, 2.05) is 0 Å². The van der Waals surface area contributed by atoms with Crippen LogP contribution in [0.25, 0.3) is 0 Å². The molecule has 3 nitrogen and oxygen atoms in total. The van der Waals surface area contributed by atoms with Crippen molar-refractivity contribution in [2.24, 2.45) is 11.7 Å². The van der Waals surface area contributed by atoms with Crippen LogP contribution in [0.2, 0.25) is 0 Å². The Morgan fingerprint density at radius 3 is 2.43 bits per heavy atom. The van der Waals surface area contributed by atoms with Crippen LogP contribution in [0.4, 0.5) is 0 Å². The van der Waals surface area contributed by atoms with E-state index in [0.717, 1.165) is 19.3 Å². The zero-order valence-corrected chi connectivity index (χ0v) is 9.68. The number of nitrogens with one attached hydrogen (secondary N) is 1. The molecular formula is C11H24N2O. The van der Waals surface area contributed by atoms with Crippen LogP contribution in [0.5, 0.6) is 0 Å². The van der Waals surface area contributed by atoms with Gasteiger partial charge in [-0.05, 0) is 38.6 Å². The molecule has 0 aromatic heterocycles. The Labute approximate surface area is 87.4 Å². The summed E-state index contributed by atoms with van der Waals surface area (Å²) in [4.78, 5) is 11.4. The second-order valence-electron chi connectivity index (χ2n) is 4.34. The number of rotatable bonds is 7. The van der Waals surface area contributed by atoms with Gasteiger partial charge in [0.15, 0.2) is 0 Å². The quantitative estimate of drug-likeness (QED) is 0.614. The zero-order chi connectivity index (χ0) is 11.0. The van der Waals surface area contributed by atoms with Gasteiger partial charge in [-0.2, -0.15) is 0 Å². The van der Waals surface area contributed by atoms with Crippen LogP contribution in [0, 0.1) is 5.92 Å². The van der Waals surface area contributed by atoms with E-state index in [9.17, 15) is 4.79 Å². The molecule has 0 aliphatic rings. The number of hydrogen-bond acceptors (Lipinski definition) is 2. The van der Waals surface area contributed by atoms with Crippen LogP contribution in [-0.2, 0) is 4.79 Å². The largest absolute Gasteiger partial charge is 0.354 e. The molecule has 84 valence electrons. The normalized spacial score (nSPS) is 12.9. The van der Waals surface area contributed by atoms with Crippen molar-refractivity contribution in [3.63, 3.8) is 0 Å². The average molecular weight is 200 g/mol. The van der Waals surface area contributed by atoms with Crippen molar-refractivity contribution in [3.8, 4) is 0 Å². The van der Waals surface area contributed by atoms with Crippen LogP contribution >= 0.6 is 0 Å². The number of carbonyl (C=O) groups is 1. The van der Waals surface area contributed by atoms with Gasteiger partial charge in [-0.25, -0.2) is 0 Å². The standard InChI is InChI=1S/C11H24N2O/c1-9(2)8-10(3)13-11(14)6-4-5-7-12/h9-10H,4-8,12H2,1-3H3,(H,13,14). The lowest BCUT2D eigenvalue weighted by atomic mass is 10.1. The van der Waals surface area contributed by atoms with Gasteiger partial charge in [0.05, 0.1) is 0 Å². The first-order chi connectivity index (χ1) is 6.56. The summed E-state index contributed by atoms with van der Waals surface area (Å²) in [5.41, 5.74) is 5.35. The summed E-state index contributed by atoms with van der Waals surface area (Å²) in [5.74, 6) is 0.793. The number of unbranched alkanes of at least 4 members (excludes halogenated alkanes) is 1. The highest BCUT2D eigenvalue weighted by atomic mass is 16.1. The third-order valence-corrected chi connectivity index (χ3v) is 2.09. The van der Waals surface area contributed by atoms with Gasteiger partial charge in [-0.1, -0.05) is 13.8 Å². The Bertz CT molecular complexity index is 157. The molecule has 0 bridgehead atoms. The minimum absolute atomic E-state index is 0.159. The summed E-state index contributed by atoms with van der Waals surface area (Å²) in [7, 11) is 0. The fourth-order valence-corrected chi connectivity index (χ4v) is 1.54. The lowest BCUT2D eigenvalue weighted by Gasteiger charge is -2.15. The monoisotopic (exact) mass is 200 g/mol. The maximum atomic E-state index is 11.4. The van der Waals surface area contributed by atoms with Crippen LogP contribution in [0.1, 0.15) is 46.5 Å². The molecule has 0 fully saturated rings. The molecule has 14 heavy (non-hydrogen) atoms. The highest BCUT2D eigenvalue weighted by Crippen LogP contribution is 2.04. The van der Waals surface area contributed by atoms with Crippen molar-refractivity contribution in [2.75, 3.05) is 6.54 Å². The number of nitrogens with two attached hydrogens (primary N) is 1. The molecule has 0 rings (SSSR count). The molecule has 0 saturated carbocycles. The highest BCUT2D eigenvalue weighted by Gasteiger charge is 2.08. The van der Waals surface area contributed by atoms with Gasteiger partial charge in [0.25, 0.3) is 0 Å². The van der Waals surface area contributed by atoms with Crippen LogP contribution in [-0.4, -0.2) is 18.5 Å². The maximum Gasteiger partial charge on any atom is 0.220 e. The predicted molar refractivity (Wildman–Crippen MR) is 60.0 cm³/mol. The number of hydrogen-bond donors (Lipinski definition) is 2. The summed E-state index contributed by atoms with van der Waals surface area (Å²) >= 11 is 0. The first-order valence-corrected chi connectivity index (χ1v) is 5.55. The lowest BCUT2D eigenvalue weighted by molar-refractivity contribution is -0.121. The Morgan fingerprint density at radius 2 is 1.93 bits per heavy atom. The third kappa shape index (κ3) is 8.05. The molecule has 0 saturated heterocycles. The predicted octanol–water partition coefficient (Wildman–Crippen LogP) is 1.67. The molecule has 1 atom stereocenters. The van der Waals surface area contributed by atoms with Gasteiger partial charge >= 0.3 is 0 Å². The number of amides is 1. The highest BCUT2D eigenvalue weighted by molar-refractivity contribution is 5.76. The first kappa shape index (κ1) is 13.4. The summed E-state index contributed by atoms with van der Waals surface area (Å²) in [6.07, 6.45) is 3.49. The van der Waals surface area contributed by atoms with Crippen molar-refractivity contribution in [2.45, 2.75) is 52.5 Å². The summed E-state index contributed by atoms with van der Waals surface area (Å²) in [6, 6.07) is 0.292. The van der Waals surface area contributed by atoms with Crippen LogP contribution in [0.15, 0.2) is 0 Å². The Morgan fingerprint density at radius 1 is 1.29 bits per heavy atom. The molecule has 1 unspecified atom stereocenters. The molecule has 0 heterocycles. The van der Waals surface area contributed by atoms with Gasteiger partial charge in [-0.15, -0.1) is 0 Å². The first-order valence-electron chi connectivity index (χ1n) is 5.55. The van der Waals surface area contributed by atoms with Gasteiger partial charge in [-0.3, -0.25) is 4.79 Å². The minimum atomic E-state index is 0.159. The summed E-state index contributed by atoms with van der Waals surface area (Å²) in [6.45, 7) is 7.06. The van der Waals surface area contributed by atoms with Crippen molar-refractivity contribution in [1.82, 2.24) is 5.32 Å². The number of carbonyl (C=O) groups excluding carboxylic acids is 1. The van der Waals surface area contributed by atoms with E-state index in [2.05, 4.69) is 26.1 Å². The van der Waals surface area contributed by atoms with E-state index >= 15 is 0 Å². The molecule has 3 heteroatoms. The molecule has 0 spiro atoms. The maximum absolute atomic E-state index is 11.4. The van der Waals surface area contributed by atoms with Gasteiger partial charge < -0.3 is 11.1 Å². The van der Waals surface area contributed by atoms with Crippen LogP contribution in [0.3, 0.4) is 0 Å². The molecule has 0 aliphatic heterocycles. The molecule has 0 aromatic rings. The second kappa shape index (κ2) is 7.80. The third-order valence-electron chi connectivity index (χ3n) is 2.09. The molecule has 0 radical (unpaired) electrons. The molecule has 0 aliphatic carbocycles. The SMILES string of the molecule is CC(C)CC(C)NC(=O)CCCCN. The Balaban J connectivity index is 3.50. The van der Waals surface area contributed by atoms with Crippen LogP contribution < -0.4 is 11.1 Å². The Kier molecular flexibility index (Phi) is 7.48. The van der Waals surface area contributed by atoms with E-state index in [0.29, 0.717) is 24.9 Å². The van der Waals surface area contributed by atoms with Crippen molar-refractivity contribution in [3.05, 3.63) is 0 Å². The second-order valence-corrected chi connectivity index (χ2v) is 4.34. The topological polar surface area (TPSA) is 55.1 Å². The molecule has 1 amide bonds. The van der Waals surface area contributed by atoms with E-state index in [1.54, 1.807) is 0 Å². The smallest absolute Gasteiger partial charge is 0.220 e. The molecular weight excluding hydrogens is 176 g/mol.